The highest BCUT2D eigenvalue weighted by atomic mass is 16.6. The third kappa shape index (κ3) is 4.69. The van der Waals surface area contributed by atoms with E-state index < -0.39 is 10.8 Å². The molecule has 0 heterocycles. The topological polar surface area (TPSA) is 84.7 Å². The van der Waals surface area contributed by atoms with Crippen molar-refractivity contribution in [2.75, 3.05) is 24.3 Å². The molecule has 0 bridgehead atoms. The van der Waals surface area contributed by atoms with Gasteiger partial charge in [-0.2, -0.15) is 0 Å². The van der Waals surface area contributed by atoms with Crippen LogP contribution in [0.15, 0.2) is 42.5 Å². The maximum Gasteiger partial charge on any atom is 0.311 e. The molecule has 0 saturated heterocycles. The highest BCUT2D eigenvalue weighted by molar-refractivity contribution is 6.04. The van der Waals surface area contributed by atoms with E-state index in [1.54, 1.807) is 26.0 Å². The van der Waals surface area contributed by atoms with Crippen molar-refractivity contribution in [3.8, 4) is 5.75 Å². The van der Waals surface area contributed by atoms with Crippen LogP contribution in [0.2, 0.25) is 0 Å². The molecule has 2 rings (SSSR count). The van der Waals surface area contributed by atoms with Crippen LogP contribution in [0.3, 0.4) is 0 Å². The van der Waals surface area contributed by atoms with Gasteiger partial charge in [0.15, 0.2) is 5.75 Å². The molecule has 0 aliphatic heterocycles. The Morgan fingerprint density at radius 2 is 1.80 bits per heavy atom. The Balaban J connectivity index is 2.21. The van der Waals surface area contributed by atoms with Crippen molar-refractivity contribution in [3.05, 3.63) is 58.1 Å². The van der Waals surface area contributed by atoms with Gasteiger partial charge in [-0.1, -0.05) is 0 Å². The molecular weight excluding hydrogens is 322 g/mol. The Morgan fingerprint density at radius 3 is 2.32 bits per heavy atom. The summed E-state index contributed by atoms with van der Waals surface area (Å²) in [4.78, 5) is 25.0. The van der Waals surface area contributed by atoms with Crippen LogP contribution in [-0.4, -0.2) is 31.0 Å². The minimum absolute atomic E-state index is 0.145. The first-order chi connectivity index (χ1) is 11.8. The van der Waals surface area contributed by atoms with Crippen LogP contribution < -0.4 is 15.0 Å². The molecule has 0 saturated carbocycles. The number of benzene rings is 2. The summed E-state index contributed by atoms with van der Waals surface area (Å²) < 4.78 is 5.42. The Kier molecular flexibility index (Phi) is 5.59. The summed E-state index contributed by atoms with van der Waals surface area (Å²) in [6, 6.07) is 11.5. The second-order valence-electron chi connectivity index (χ2n) is 6.00. The quantitative estimate of drug-likeness (QED) is 0.638. The van der Waals surface area contributed by atoms with Crippen LogP contribution >= 0.6 is 0 Å². The van der Waals surface area contributed by atoms with Gasteiger partial charge >= 0.3 is 5.69 Å². The highest BCUT2D eigenvalue weighted by Gasteiger charge is 2.19. The van der Waals surface area contributed by atoms with E-state index in [9.17, 15) is 14.9 Å². The number of anilines is 2. The third-order valence-corrected chi connectivity index (χ3v) is 3.42. The molecule has 0 unspecified atom stereocenters. The molecular formula is C18H21N3O4. The van der Waals surface area contributed by atoms with E-state index >= 15 is 0 Å². The van der Waals surface area contributed by atoms with Gasteiger partial charge in [0.05, 0.1) is 11.0 Å². The average molecular weight is 343 g/mol. The second kappa shape index (κ2) is 7.65. The number of nitro groups is 1. The Morgan fingerprint density at radius 1 is 1.16 bits per heavy atom. The van der Waals surface area contributed by atoms with Crippen LogP contribution in [0.5, 0.6) is 5.75 Å². The monoisotopic (exact) mass is 343 g/mol. The van der Waals surface area contributed by atoms with Gasteiger partial charge in [0.2, 0.25) is 0 Å². The first-order valence-corrected chi connectivity index (χ1v) is 7.81. The van der Waals surface area contributed by atoms with Gasteiger partial charge in [-0.25, -0.2) is 0 Å². The van der Waals surface area contributed by atoms with Crippen LogP contribution in [-0.2, 0) is 0 Å². The molecule has 0 spiro atoms. The minimum atomic E-state index is -0.555. The molecule has 7 nitrogen and oxygen atoms in total. The number of carbonyl (C=O) groups is 1. The Hall–Kier alpha value is -3.09. The zero-order chi connectivity index (χ0) is 18.6. The molecule has 7 heteroatoms. The lowest BCUT2D eigenvalue weighted by Crippen LogP contribution is -2.13. The summed E-state index contributed by atoms with van der Waals surface area (Å²) in [5.74, 6) is -0.274. The summed E-state index contributed by atoms with van der Waals surface area (Å²) in [6.45, 7) is 3.56. The first kappa shape index (κ1) is 18.3. The number of nitro benzene ring substituents is 1. The van der Waals surface area contributed by atoms with E-state index in [1.165, 1.54) is 18.2 Å². The van der Waals surface area contributed by atoms with Crippen molar-refractivity contribution in [2.24, 2.45) is 0 Å². The fourth-order valence-corrected chi connectivity index (χ4v) is 2.20. The van der Waals surface area contributed by atoms with Gasteiger partial charge in [0.1, 0.15) is 0 Å². The molecule has 0 aromatic heterocycles. The maximum atomic E-state index is 12.4. The molecule has 0 atom stereocenters. The van der Waals surface area contributed by atoms with E-state index in [0.29, 0.717) is 5.69 Å². The largest absolute Gasteiger partial charge is 0.484 e. The lowest BCUT2D eigenvalue weighted by molar-refractivity contribution is -0.386. The normalized spacial score (nSPS) is 10.4. The van der Waals surface area contributed by atoms with Gasteiger partial charge in [-0.15, -0.1) is 0 Å². The number of amides is 1. The number of carbonyl (C=O) groups excluding carboxylic acids is 1. The number of nitrogens with zero attached hydrogens (tertiary/aromatic N) is 2. The van der Waals surface area contributed by atoms with Crippen molar-refractivity contribution in [2.45, 2.75) is 20.0 Å². The van der Waals surface area contributed by atoms with Gasteiger partial charge < -0.3 is 15.0 Å². The van der Waals surface area contributed by atoms with Crippen molar-refractivity contribution < 1.29 is 14.5 Å². The second-order valence-corrected chi connectivity index (χ2v) is 6.00. The lowest BCUT2D eigenvalue weighted by Gasteiger charge is -2.13. The maximum absolute atomic E-state index is 12.4. The highest BCUT2D eigenvalue weighted by Crippen LogP contribution is 2.29. The van der Waals surface area contributed by atoms with Gasteiger partial charge in [-0.3, -0.25) is 14.9 Å². The van der Waals surface area contributed by atoms with Crippen molar-refractivity contribution in [3.63, 3.8) is 0 Å². The molecule has 2 aromatic rings. The van der Waals surface area contributed by atoms with E-state index in [2.05, 4.69) is 5.32 Å². The van der Waals surface area contributed by atoms with Crippen molar-refractivity contribution in [1.29, 1.82) is 0 Å². The van der Waals surface area contributed by atoms with E-state index in [1.807, 2.05) is 31.1 Å². The molecule has 2 aromatic carbocycles. The number of rotatable bonds is 6. The fourth-order valence-electron chi connectivity index (χ4n) is 2.20. The SMILES string of the molecule is CC(C)Oc1ccc(C(=O)Nc2ccc(N(C)C)cc2)cc1[N+](=O)[O-]. The molecule has 132 valence electrons. The molecule has 0 aliphatic rings. The molecule has 0 aliphatic carbocycles. The number of ether oxygens (including phenoxy) is 1. The third-order valence-electron chi connectivity index (χ3n) is 3.42. The lowest BCUT2D eigenvalue weighted by atomic mass is 10.1. The molecule has 0 fully saturated rings. The van der Waals surface area contributed by atoms with Crippen LogP contribution in [0.4, 0.5) is 17.1 Å². The van der Waals surface area contributed by atoms with Crippen molar-refractivity contribution >= 4 is 23.0 Å². The van der Waals surface area contributed by atoms with Gasteiger partial charge in [0.25, 0.3) is 5.91 Å². The molecule has 1 N–H and O–H groups in total. The summed E-state index contributed by atoms with van der Waals surface area (Å²) in [7, 11) is 3.85. The predicted octanol–water partition coefficient (Wildman–Crippen LogP) is 3.70. The molecule has 25 heavy (non-hydrogen) atoms. The van der Waals surface area contributed by atoms with Crippen LogP contribution in [0.25, 0.3) is 0 Å². The Labute approximate surface area is 146 Å². The summed E-state index contributed by atoms with van der Waals surface area (Å²) in [5, 5.41) is 14.0. The number of hydrogen-bond acceptors (Lipinski definition) is 5. The van der Waals surface area contributed by atoms with Gasteiger partial charge in [0, 0.05) is 37.1 Å². The number of hydrogen-bond donors (Lipinski definition) is 1. The number of nitrogens with one attached hydrogen (secondary N) is 1. The van der Waals surface area contributed by atoms with Crippen LogP contribution in [0.1, 0.15) is 24.2 Å². The zero-order valence-corrected chi connectivity index (χ0v) is 14.6. The summed E-state index contributed by atoms with van der Waals surface area (Å²) in [6.07, 6.45) is -0.200. The Bertz CT molecular complexity index is 770. The minimum Gasteiger partial charge on any atom is -0.484 e. The van der Waals surface area contributed by atoms with E-state index in [0.717, 1.165) is 5.69 Å². The molecule has 0 radical (unpaired) electrons. The predicted molar refractivity (Wildman–Crippen MR) is 97.6 cm³/mol. The van der Waals surface area contributed by atoms with Gasteiger partial charge in [-0.05, 0) is 50.2 Å². The fraction of sp³-hybridized carbons (Fsp3) is 0.278. The first-order valence-electron chi connectivity index (χ1n) is 7.81. The smallest absolute Gasteiger partial charge is 0.311 e. The standard InChI is InChI=1S/C18H21N3O4/c1-12(2)25-17-10-5-13(11-16(17)21(23)24)18(22)19-14-6-8-15(9-7-14)20(3)4/h5-12H,1-4H3,(H,19,22). The molecule has 1 amide bonds. The summed E-state index contributed by atoms with van der Waals surface area (Å²) >= 11 is 0. The van der Waals surface area contributed by atoms with E-state index in [4.69, 9.17) is 4.74 Å². The van der Waals surface area contributed by atoms with Crippen molar-refractivity contribution in [1.82, 2.24) is 0 Å². The van der Waals surface area contributed by atoms with Crippen LogP contribution in [0, 0.1) is 10.1 Å². The summed E-state index contributed by atoms with van der Waals surface area (Å²) in [5.41, 5.74) is 1.58. The average Bonchev–Trinajstić information content (AvgIpc) is 2.54. The zero-order valence-electron chi connectivity index (χ0n) is 14.6. The van der Waals surface area contributed by atoms with E-state index in [-0.39, 0.29) is 23.1 Å².